The van der Waals surface area contributed by atoms with Crippen LogP contribution in [0, 0.1) is 0 Å². The third-order valence-corrected chi connectivity index (χ3v) is 3.31. The molecule has 0 spiro atoms. The highest BCUT2D eigenvalue weighted by Gasteiger charge is 2.25. The Hall–Kier alpha value is -2.01. The Labute approximate surface area is 117 Å². The smallest absolute Gasteiger partial charge is 0.340 e. The molecule has 5 nitrogen and oxygen atoms in total. The number of esters is 1. The SMILES string of the molecule is COC(=O)C(O)c1cc2c(OC)cccc2n1C(C)C. The lowest BCUT2D eigenvalue weighted by atomic mass is 10.2. The van der Waals surface area contributed by atoms with Crippen molar-refractivity contribution in [1.29, 1.82) is 0 Å². The molecule has 0 aliphatic rings. The first-order valence-electron chi connectivity index (χ1n) is 6.45. The summed E-state index contributed by atoms with van der Waals surface area (Å²) in [6.07, 6.45) is -1.31. The summed E-state index contributed by atoms with van der Waals surface area (Å²) in [5, 5.41) is 11.0. The van der Waals surface area contributed by atoms with Gasteiger partial charge in [0.1, 0.15) is 5.75 Å². The molecule has 0 saturated heterocycles. The molecule has 0 aliphatic carbocycles. The predicted molar refractivity (Wildman–Crippen MR) is 75.9 cm³/mol. The van der Waals surface area contributed by atoms with Crippen LogP contribution in [0.1, 0.15) is 31.7 Å². The van der Waals surface area contributed by atoms with Crippen molar-refractivity contribution in [1.82, 2.24) is 4.57 Å². The van der Waals surface area contributed by atoms with Crippen molar-refractivity contribution in [3.63, 3.8) is 0 Å². The Morgan fingerprint density at radius 2 is 2.00 bits per heavy atom. The first-order chi connectivity index (χ1) is 9.51. The number of hydrogen-bond acceptors (Lipinski definition) is 4. The number of rotatable bonds is 4. The molecule has 0 aliphatic heterocycles. The Kier molecular flexibility index (Phi) is 3.99. The van der Waals surface area contributed by atoms with Crippen molar-refractivity contribution in [3.05, 3.63) is 30.0 Å². The molecule has 1 aromatic heterocycles. The molecule has 108 valence electrons. The quantitative estimate of drug-likeness (QED) is 0.872. The van der Waals surface area contributed by atoms with E-state index >= 15 is 0 Å². The number of nitrogens with zero attached hydrogens (tertiary/aromatic N) is 1. The summed E-state index contributed by atoms with van der Waals surface area (Å²) in [6.45, 7) is 3.98. The van der Waals surface area contributed by atoms with E-state index in [0.717, 1.165) is 10.9 Å². The average molecular weight is 277 g/mol. The molecule has 1 atom stereocenters. The summed E-state index contributed by atoms with van der Waals surface area (Å²) in [6, 6.07) is 7.53. The van der Waals surface area contributed by atoms with Gasteiger partial charge in [-0.25, -0.2) is 4.79 Å². The number of hydrogen-bond donors (Lipinski definition) is 1. The van der Waals surface area contributed by atoms with Crippen LogP contribution in [0.3, 0.4) is 0 Å². The number of carbonyl (C=O) groups excluding carboxylic acids is 1. The van der Waals surface area contributed by atoms with Gasteiger partial charge in [0.05, 0.1) is 25.4 Å². The van der Waals surface area contributed by atoms with E-state index in [0.29, 0.717) is 11.4 Å². The number of aliphatic hydroxyl groups excluding tert-OH is 1. The minimum Gasteiger partial charge on any atom is -0.496 e. The summed E-state index contributed by atoms with van der Waals surface area (Å²) in [4.78, 5) is 11.6. The maximum Gasteiger partial charge on any atom is 0.340 e. The fourth-order valence-electron chi connectivity index (χ4n) is 2.44. The van der Waals surface area contributed by atoms with Crippen LogP contribution in [0.4, 0.5) is 0 Å². The Morgan fingerprint density at radius 3 is 2.55 bits per heavy atom. The fraction of sp³-hybridized carbons (Fsp3) is 0.400. The number of benzene rings is 1. The van der Waals surface area contributed by atoms with Crippen LogP contribution in [-0.2, 0) is 9.53 Å². The second-order valence-electron chi connectivity index (χ2n) is 4.85. The molecule has 20 heavy (non-hydrogen) atoms. The Balaban J connectivity index is 2.70. The van der Waals surface area contributed by atoms with Gasteiger partial charge >= 0.3 is 5.97 Å². The largest absolute Gasteiger partial charge is 0.496 e. The highest BCUT2D eigenvalue weighted by atomic mass is 16.5. The van der Waals surface area contributed by atoms with Gasteiger partial charge in [0.2, 0.25) is 0 Å². The van der Waals surface area contributed by atoms with Gasteiger partial charge in [-0.1, -0.05) is 6.07 Å². The van der Waals surface area contributed by atoms with Crippen LogP contribution in [0.25, 0.3) is 10.9 Å². The van der Waals surface area contributed by atoms with Crippen molar-refractivity contribution in [2.75, 3.05) is 14.2 Å². The van der Waals surface area contributed by atoms with Crippen molar-refractivity contribution >= 4 is 16.9 Å². The summed E-state index contributed by atoms with van der Waals surface area (Å²) < 4.78 is 11.9. The van der Waals surface area contributed by atoms with Gasteiger partial charge in [-0.05, 0) is 32.0 Å². The van der Waals surface area contributed by atoms with Gasteiger partial charge in [-0.15, -0.1) is 0 Å². The van der Waals surface area contributed by atoms with Crippen molar-refractivity contribution in [2.24, 2.45) is 0 Å². The van der Waals surface area contributed by atoms with Crippen molar-refractivity contribution in [2.45, 2.75) is 26.0 Å². The number of methoxy groups -OCH3 is 2. The molecule has 0 saturated carbocycles. The summed E-state index contributed by atoms with van der Waals surface area (Å²) in [7, 11) is 2.85. The summed E-state index contributed by atoms with van der Waals surface area (Å²) in [5.74, 6) is 0.0360. The lowest BCUT2D eigenvalue weighted by molar-refractivity contribution is -0.151. The zero-order valence-corrected chi connectivity index (χ0v) is 12.1. The molecular formula is C15H19NO4. The van der Waals surface area contributed by atoms with E-state index in [4.69, 9.17) is 4.74 Å². The van der Waals surface area contributed by atoms with Gasteiger partial charge in [-0.3, -0.25) is 0 Å². The number of fused-ring (bicyclic) bond motifs is 1. The first-order valence-corrected chi connectivity index (χ1v) is 6.45. The van der Waals surface area contributed by atoms with Crippen LogP contribution in [0.5, 0.6) is 5.75 Å². The Bertz CT molecular complexity index is 630. The predicted octanol–water partition coefficient (Wildman–Crippen LogP) is 2.44. The molecule has 0 amide bonds. The normalized spacial score (nSPS) is 12.7. The van der Waals surface area contributed by atoms with E-state index in [1.165, 1.54) is 7.11 Å². The number of ether oxygens (including phenoxy) is 2. The molecule has 1 heterocycles. The summed E-state index contributed by atoms with van der Waals surface area (Å²) >= 11 is 0. The molecule has 0 fully saturated rings. The zero-order valence-electron chi connectivity index (χ0n) is 12.1. The lowest BCUT2D eigenvalue weighted by Crippen LogP contribution is -2.18. The van der Waals surface area contributed by atoms with Crippen LogP contribution >= 0.6 is 0 Å². The van der Waals surface area contributed by atoms with Gasteiger partial charge in [0, 0.05) is 11.4 Å². The molecule has 2 rings (SSSR count). The molecule has 1 N–H and O–H groups in total. The minimum absolute atomic E-state index is 0.0916. The van der Waals surface area contributed by atoms with Crippen LogP contribution < -0.4 is 4.74 Å². The van der Waals surface area contributed by atoms with Gasteiger partial charge in [0.15, 0.2) is 6.10 Å². The second-order valence-corrected chi connectivity index (χ2v) is 4.85. The van der Waals surface area contributed by atoms with Gasteiger partial charge < -0.3 is 19.1 Å². The molecule has 1 aromatic carbocycles. The van der Waals surface area contributed by atoms with Crippen LogP contribution in [0.2, 0.25) is 0 Å². The fourth-order valence-corrected chi connectivity index (χ4v) is 2.44. The Morgan fingerprint density at radius 1 is 1.30 bits per heavy atom. The number of carbonyl (C=O) groups is 1. The van der Waals surface area contributed by atoms with Crippen LogP contribution in [0.15, 0.2) is 24.3 Å². The van der Waals surface area contributed by atoms with E-state index in [-0.39, 0.29) is 6.04 Å². The maximum atomic E-state index is 11.6. The molecular weight excluding hydrogens is 258 g/mol. The maximum absolute atomic E-state index is 11.6. The number of aliphatic hydroxyl groups is 1. The monoisotopic (exact) mass is 277 g/mol. The molecule has 1 unspecified atom stereocenters. The van der Waals surface area contributed by atoms with E-state index in [2.05, 4.69) is 4.74 Å². The van der Waals surface area contributed by atoms with Crippen molar-refractivity contribution in [3.8, 4) is 5.75 Å². The van der Waals surface area contributed by atoms with E-state index in [1.807, 2.05) is 36.6 Å². The highest BCUT2D eigenvalue weighted by Crippen LogP contribution is 2.33. The first kappa shape index (κ1) is 14.4. The standard InChI is InChI=1S/C15H19NO4/c1-9(2)16-11-6-5-7-13(19-3)10(11)8-12(16)14(17)15(18)20-4/h5-9,14,17H,1-4H3. The molecule has 0 radical (unpaired) electrons. The second kappa shape index (κ2) is 5.54. The minimum atomic E-state index is -1.31. The van der Waals surface area contributed by atoms with E-state index in [1.54, 1.807) is 13.2 Å². The third-order valence-electron chi connectivity index (χ3n) is 3.31. The topological polar surface area (TPSA) is 60.7 Å². The number of aromatic nitrogens is 1. The average Bonchev–Trinajstić information content (AvgIpc) is 2.84. The highest BCUT2D eigenvalue weighted by molar-refractivity contribution is 5.89. The van der Waals surface area contributed by atoms with E-state index < -0.39 is 12.1 Å². The van der Waals surface area contributed by atoms with Crippen LogP contribution in [-0.4, -0.2) is 29.9 Å². The van der Waals surface area contributed by atoms with Crippen molar-refractivity contribution < 1.29 is 19.4 Å². The molecule has 5 heteroatoms. The van der Waals surface area contributed by atoms with Gasteiger partial charge in [-0.2, -0.15) is 0 Å². The third kappa shape index (κ3) is 2.25. The van der Waals surface area contributed by atoms with Gasteiger partial charge in [0.25, 0.3) is 0 Å². The summed E-state index contributed by atoms with van der Waals surface area (Å²) in [5.41, 5.74) is 1.42. The lowest BCUT2D eigenvalue weighted by Gasteiger charge is -2.17. The van der Waals surface area contributed by atoms with E-state index in [9.17, 15) is 9.90 Å². The zero-order chi connectivity index (χ0) is 14.9. The molecule has 0 bridgehead atoms. The molecule has 2 aromatic rings.